The molecule has 1 aliphatic rings. The Kier molecular flexibility index (Phi) is 8.95. The largest absolute Gasteiger partial charge is 0.356 e. The van der Waals surface area contributed by atoms with Crippen molar-refractivity contribution in [2.24, 2.45) is 10.4 Å². The lowest BCUT2D eigenvalue weighted by molar-refractivity contribution is 0.0963. The van der Waals surface area contributed by atoms with Gasteiger partial charge in [0.1, 0.15) is 0 Å². The van der Waals surface area contributed by atoms with Gasteiger partial charge in [-0.05, 0) is 54.4 Å². The summed E-state index contributed by atoms with van der Waals surface area (Å²) in [5, 5.41) is 9.54. The number of amides is 1. The first-order valence-electron chi connectivity index (χ1n) is 9.94. The van der Waals surface area contributed by atoms with Gasteiger partial charge in [0.25, 0.3) is 5.91 Å². The maximum atomic E-state index is 11.8. The first kappa shape index (κ1) is 23.2. The summed E-state index contributed by atoms with van der Waals surface area (Å²) in [5.74, 6) is 0.780. The minimum absolute atomic E-state index is 0. The van der Waals surface area contributed by atoms with E-state index in [0.717, 1.165) is 37.5 Å². The Bertz CT molecular complexity index is 819. The Morgan fingerprint density at radius 1 is 1.03 bits per heavy atom. The van der Waals surface area contributed by atoms with Crippen LogP contribution in [0.1, 0.15) is 34.3 Å². The van der Waals surface area contributed by atoms with Gasteiger partial charge in [0.2, 0.25) is 0 Å². The number of nitrogens with zero attached hydrogens (tertiary/aromatic N) is 1. The smallest absolute Gasteiger partial charge is 0.251 e. The van der Waals surface area contributed by atoms with Gasteiger partial charge in [-0.25, -0.2) is 0 Å². The molecule has 0 aliphatic heterocycles. The molecular weight excluding hydrogens is 475 g/mol. The lowest BCUT2D eigenvalue weighted by Crippen LogP contribution is -2.41. The van der Waals surface area contributed by atoms with Crippen molar-refractivity contribution in [2.45, 2.75) is 25.7 Å². The van der Waals surface area contributed by atoms with Gasteiger partial charge in [-0.2, -0.15) is 0 Å². The van der Waals surface area contributed by atoms with Gasteiger partial charge < -0.3 is 16.0 Å². The number of nitrogens with one attached hydrogen (secondary N) is 3. The van der Waals surface area contributed by atoms with Gasteiger partial charge in [0.05, 0.1) is 0 Å². The van der Waals surface area contributed by atoms with E-state index in [1.807, 2.05) is 24.3 Å². The zero-order valence-corrected chi connectivity index (χ0v) is 19.5. The van der Waals surface area contributed by atoms with Gasteiger partial charge in [-0.1, -0.05) is 42.5 Å². The van der Waals surface area contributed by atoms with Crippen molar-refractivity contribution < 1.29 is 4.79 Å². The summed E-state index contributed by atoms with van der Waals surface area (Å²) < 4.78 is 0. The molecule has 0 saturated heterocycles. The lowest BCUT2D eigenvalue weighted by atomic mass is 9.96. The van der Waals surface area contributed by atoms with E-state index in [-0.39, 0.29) is 29.9 Å². The second-order valence-corrected chi connectivity index (χ2v) is 7.54. The third kappa shape index (κ3) is 7.03. The number of carbonyl (C=O) groups excluding carboxylic acids is 1. The van der Waals surface area contributed by atoms with Crippen LogP contribution in [0.2, 0.25) is 0 Å². The monoisotopic (exact) mass is 506 g/mol. The van der Waals surface area contributed by atoms with E-state index in [1.54, 1.807) is 14.1 Å². The summed E-state index contributed by atoms with van der Waals surface area (Å²) >= 11 is 0. The number of hydrogen-bond donors (Lipinski definition) is 3. The highest BCUT2D eigenvalue weighted by Gasteiger charge is 2.42. The highest BCUT2D eigenvalue weighted by atomic mass is 127. The normalized spacial score (nSPS) is 14.5. The van der Waals surface area contributed by atoms with Gasteiger partial charge in [-0.15, -0.1) is 24.0 Å². The van der Waals surface area contributed by atoms with Crippen LogP contribution in [0.25, 0.3) is 0 Å². The molecule has 156 valence electrons. The Morgan fingerprint density at radius 2 is 1.76 bits per heavy atom. The average Bonchev–Trinajstić information content (AvgIpc) is 3.50. The fourth-order valence-corrected chi connectivity index (χ4v) is 3.45. The first-order valence-corrected chi connectivity index (χ1v) is 9.94. The number of guanidine groups is 1. The molecular formula is C23H31IN4O. The van der Waals surface area contributed by atoms with Crippen LogP contribution in [0.3, 0.4) is 0 Å². The van der Waals surface area contributed by atoms with Crippen LogP contribution >= 0.6 is 24.0 Å². The van der Waals surface area contributed by atoms with Gasteiger partial charge in [0.15, 0.2) is 5.96 Å². The van der Waals surface area contributed by atoms with E-state index >= 15 is 0 Å². The molecule has 0 unspecified atom stereocenters. The van der Waals surface area contributed by atoms with Gasteiger partial charge in [-0.3, -0.25) is 9.79 Å². The average molecular weight is 506 g/mol. The third-order valence-corrected chi connectivity index (χ3v) is 5.36. The zero-order valence-electron chi connectivity index (χ0n) is 17.2. The van der Waals surface area contributed by atoms with Crippen LogP contribution in [0.4, 0.5) is 0 Å². The van der Waals surface area contributed by atoms with Crippen molar-refractivity contribution in [2.75, 3.05) is 27.2 Å². The Hall–Kier alpha value is -2.09. The van der Waals surface area contributed by atoms with Crippen molar-refractivity contribution >= 4 is 35.8 Å². The van der Waals surface area contributed by atoms with Crippen LogP contribution in [0, 0.1) is 5.41 Å². The predicted octanol–water partition coefficient (Wildman–Crippen LogP) is 3.39. The summed E-state index contributed by atoms with van der Waals surface area (Å²) in [7, 11) is 3.45. The number of hydrogen-bond acceptors (Lipinski definition) is 2. The summed E-state index contributed by atoms with van der Waals surface area (Å²) in [6.07, 6.45) is 4.47. The molecule has 0 radical (unpaired) electrons. The van der Waals surface area contributed by atoms with Crippen LogP contribution in [-0.2, 0) is 12.8 Å². The number of rotatable bonds is 8. The quantitative estimate of drug-likeness (QED) is 0.292. The fourth-order valence-electron chi connectivity index (χ4n) is 3.45. The summed E-state index contributed by atoms with van der Waals surface area (Å²) in [6, 6.07) is 18.4. The molecule has 0 aromatic heterocycles. The molecule has 0 heterocycles. The van der Waals surface area contributed by atoms with Crippen LogP contribution in [0.15, 0.2) is 59.6 Å². The molecule has 29 heavy (non-hydrogen) atoms. The second-order valence-electron chi connectivity index (χ2n) is 7.54. The maximum Gasteiger partial charge on any atom is 0.251 e. The number of carbonyl (C=O) groups is 1. The number of aliphatic imine (C=N–C) groups is 1. The van der Waals surface area contributed by atoms with Gasteiger partial charge in [0, 0.05) is 32.7 Å². The molecule has 1 saturated carbocycles. The number of benzene rings is 2. The lowest BCUT2D eigenvalue weighted by Gasteiger charge is -2.19. The van der Waals surface area contributed by atoms with Gasteiger partial charge >= 0.3 is 0 Å². The third-order valence-electron chi connectivity index (χ3n) is 5.36. The van der Waals surface area contributed by atoms with E-state index in [1.165, 1.54) is 18.4 Å². The van der Waals surface area contributed by atoms with Crippen molar-refractivity contribution in [1.29, 1.82) is 0 Å². The Labute approximate surface area is 190 Å². The topological polar surface area (TPSA) is 65.5 Å². The van der Waals surface area contributed by atoms with Crippen molar-refractivity contribution in [1.82, 2.24) is 16.0 Å². The molecule has 3 N–H and O–H groups in total. The standard InChI is InChI=1S/C23H30N4O.HI/c1-24-21(28)20-10-6-9-18(15-20)11-14-26-22(25-2)27-17-23(12-13-23)16-19-7-4-3-5-8-19;/h3-10,15H,11-14,16-17H2,1-2H3,(H,24,28)(H2,25,26,27);1H. The van der Waals surface area contributed by atoms with Crippen molar-refractivity contribution in [3.8, 4) is 0 Å². The minimum Gasteiger partial charge on any atom is -0.356 e. The van der Waals surface area contributed by atoms with Crippen molar-refractivity contribution in [3.05, 3.63) is 71.3 Å². The van der Waals surface area contributed by atoms with E-state index in [0.29, 0.717) is 11.0 Å². The molecule has 3 rings (SSSR count). The Morgan fingerprint density at radius 3 is 2.41 bits per heavy atom. The van der Waals surface area contributed by atoms with E-state index in [4.69, 9.17) is 0 Å². The molecule has 0 bridgehead atoms. The van der Waals surface area contributed by atoms with Crippen LogP contribution in [-0.4, -0.2) is 39.1 Å². The van der Waals surface area contributed by atoms with E-state index in [9.17, 15) is 4.79 Å². The van der Waals surface area contributed by atoms with E-state index in [2.05, 4.69) is 51.3 Å². The molecule has 1 amide bonds. The van der Waals surface area contributed by atoms with Crippen LogP contribution in [0.5, 0.6) is 0 Å². The Balaban J connectivity index is 0.00000300. The fraction of sp³-hybridized carbons (Fsp3) is 0.391. The second kappa shape index (κ2) is 11.2. The minimum atomic E-state index is -0.0552. The van der Waals surface area contributed by atoms with E-state index < -0.39 is 0 Å². The zero-order chi connectivity index (χ0) is 19.8. The highest BCUT2D eigenvalue weighted by molar-refractivity contribution is 14.0. The summed E-state index contributed by atoms with van der Waals surface area (Å²) in [6.45, 7) is 1.70. The molecule has 1 fully saturated rings. The first-order chi connectivity index (χ1) is 13.6. The maximum absolute atomic E-state index is 11.8. The molecule has 0 atom stereocenters. The molecule has 6 heteroatoms. The predicted molar refractivity (Wildman–Crippen MR) is 130 cm³/mol. The number of halogens is 1. The summed E-state index contributed by atoms with van der Waals surface area (Å²) in [5.41, 5.74) is 3.59. The van der Waals surface area contributed by atoms with Crippen LogP contribution < -0.4 is 16.0 Å². The molecule has 2 aromatic rings. The molecule has 2 aromatic carbocycles. The molecule has 5 nitrogen and oxygen atoms in total. The molecule has 1 aliphatic carbocycles. The molecule has 0 spiro atoms. The van der Waals surface area contributed by atoms with Crippen molar-refractivity contribution in [3.63, 3.8) is 0 Å². The highest BCUT2D eigenvalue weighted by Crippen LogP contribution is 2.47. The SMILES string of the molecule is CN=C(NCCc1cccc(C(=O)NC)c1)NCC1(Cc2ccccc2)CC1.I. The summed E-state index contributed by atoms with van der Waals surface area (Å²) in [4.78, 5) is 16.1.